The highest BCUT2D eigenvalue weighted by Crippen LogP contribution is 2.36. The Morgan fingerprint density at radius 2 is 1.88 bits per heavy atom. The molecule has 1 fully saturated rings. The minimum absolute atomic E-state index is 0.106. The van der Waals surface area contributed by atoms with Crippen LogP contribution in [0, 0.1) is 0 Å². The van der Waals surface area contributed by atoms with E-state index in [1.165, 1.54) is 4.90 Å². The maximum absolute atomic E-state index is 13.4. The minimum atomic E-state index is -0.377. The number of ether oxygens (including phenoxy) is 2. The third-order valence-electron chi connectivity index (χ3n) is 6.90. The SMILES string of the molecule is COc1ccc(C=C2Oc3ccccc3N(CC(=O)NCCN3CCN(c4cccc(Cl)c4)CC3)C2=O)cc1Br. The van der Waals surface area contributed by atoms with Crippen LogP contribution in [-0.2, 0) is 9.59 Å². The van der Waals surface area contributed by atoms with Gasteiger partial charge in [-0.25, -0.2) is 0 Å². The van der Waals surface area contributed by atoms with Crippen LogP contribution in [0.1, 0.15) is 5.56 Å². The Hall–Kier alpha value is -3.53. The number of amides is 2. The molecule has 5 rings (SSSR count). The van der Waals surface area contributed by atoms with E-state index in [0.29, 0.717) is 23.7 Å². The molecule has 1 saturated heterocycles. The van der Waals surface area contributed by atoms with Crippen LogP contribution in [-0.4, -0.2) is 69.6 Å². The molecule has 0 aliphatic carbocycles. The number of hydrogen-bond acceptors (Lipinski definition) is 6. The molecule has 1 N–H and O–H groups in total. The topological polar surface area (TPSA) is 74.4 Å². The molecule has 3 aromatic carbocycles. The summed E-state index contributed by atoms with van der Waals surface area (Å²) in [6.07, 6.45) is 1.66. The van der Waals surface area contributed by atoms with Crippen LogP contribution in [0.15, 0.2) is 77.0 Å². The number of carbonyl (C=O) groups excluding carboxylic acids is 2. The molecule has 0 unspecified atom stereocenters. The largest absolute Gasteiger partial charge is 0.496 e. The lowest BCUT2D eigenvalue weighted by atomic mass is 10.1. The van der Waals surface area contributed by atoms with Gasteiger partial charge in [-0.2, -0.15) is 0 Å². The number of benzene rings is 3. The predicted octanol–water partition coefficient (Wildman–Crippen LogP) is 4.82. The van der Waals surface area contributed by atoms with Crippen LogP contribution in [0.4, 0.5) is 11.4 Å². The number of halogens is 2. The number of hydrogen-bond donors (Lipinski definition) is 1. The van der Waals surface area contributed by atoms with Gasteiger partial charge in [-0.05, 0) is 70.0 Å². The van der Waals surface area contributed by atoms with Crippen molar-refractivity contribution in [3.05, 3.63) is 87.5 Å². The Labute approximate surface area is 247 Å². The van der Waals surface area contributed by atoms with Gasteiger partial charge >= 0.3 is 0 Å². The first-order chi connectivity index (χ1) is 19.4. The highest BCUT2D eigenvalue weighted by Gasteiger charge is 2.31. The molecule has 3 aromatic rings. The first-order valence-electron chi connectivity index (χ1n) is 13.0. The van der Waals surface area contributed by atoms with Gasteiger partial charge in [0.2, 0.25) is 5.91 Å². The van der Waals surface area contributed by atoms with Crippen molar-refractivity contribution in [2.24, 2.45) is 0 Å². The fourth-order valence-electron chi connectivity index (χ4n) is 4.80. The number of rotatable bonds is 8. The van der Waals surface area contributed by atoms with E-state index in [0.717, 1.165) is 53.5 Å². The molecule has 40 heavy (non-hydrogen) atoms. The molecule has 2 aliphatic heterocycles. The Bertz CT molecular complexity index is 1420. The zero-order valence-corrected chi connectivity index (χ0v) is 24.5. The van der Waals surface area contributed by atoms with Gasteiger partial charge in [0, 0.05) is 50.0 Å². The first-order valence-corrected chi connectivity index (χ1v) is 14.2. The Balaban J connectivity index is 1.18. The fraction of sp³-hybridized carbons (Fsp3) is 0.267. The van der Waals surface area contributed by atoms with Gasteiger partial charge in [0.25, 0.3) is 5.91 Å². The molecule has 208 valence electrons. The van der Waals surface area contributed by atoms with Crippen molar-refractivity contribution in [1.82, 2.24) is 10.2 Å². The second kappa shape index (κ2) is 12.8. The number of carbonyl (C=O) groups is 2. The molecule has 0 spiro atoms. The lowest BCUT2D eigenvalue weighted by Crippen LogP contribution is -2.49. The van der Waals surface area contributed by atoms with E-state index in [-0.39, 0.29) is 24.1 Å². The average Bonchev–Trinajstić information content (AvgIpc) is 2.96. The molecule has 0 aromatic heterocycles. The minimum Gasteiger partial charge on any atom is -0.496 e. The zero-order chi connectivity index (χ0) is 28.1. The van der Waals surface area contributed by atoms with E-state index in [2.05, 4.69) is 37.1 Å². The van der Waals surface area contributed by atoms with E-state index >= 15 is 0 Å². The molecular formula is C30H30BrClN4O4. The second-order valence-corrected chi connectivity index (χ2v) is 10.8. The first kappa shape index (κ1) is 28.0. The predicted molar refractivity (Wildman–Crippen MR) is 161 cm³/mol. The van der Waals surface area contributed by atoms with E-state index < -0.39 is 0 Å². The molecule has 0 bridgehead atoms. The van der Waals surface area contributed by atoms with E-state index in [9.17, 15) is 9.59 Å². The summed E-state index contributed by atoms with van der Waals surface area (Å²) in [4.78, 5) is 32.5. The second-order valence-electron chi connectivity index (χ2n) is 9.52. The number of nitrogens with one attached hydrogen (secondary N) is 1. The molecule has 0 atom stereocenters. The van der Waals surface area contributed by atoms with Crippen molar-refractivity contribution in [3.63, 3.8) is 0 Å². The summed E-state index contributed by atoms with van der Waals surface area (Å²) >= 11 is 9.61. The summed E-state index contributed by atoms with van der Waals surface area (Å²) in [5.41, 5.74) is 2.45. The number of fused-ring (bicyclic) bond motifs is 1. The summed E-state index contributed by atoms with van der Waals surface area (Å²) in [7, 11) is 1.59. The summed E-state index contributed by atoms with van der Waals surface area (Å²) < 4.78 is 12.0. The van der Waals surface area contributed by atoms with E-state index in [1.807, 2.05) is 42.5 Å². The third-order valence-corrected chi connectivity index (χ3v) is 7.76. The summed E-state index contributed by atoms with van der Waals surface area (Å²) in [6.45, 7) is 4.71. The molecule has 2 amide bonds. The molecule has 10 heteroatoms. The van der Waals surface area contributed by atoms with E-state index in [1.54, 1.807) is 31.4 Å². The van der Waals surface area contributed by atoms with Crippen molar-refractivity contribution in [2.75, 3.05) is 62.7 Å². The third kappa shape index (κ3) is 6.60. The maximum Gasteiger partial charge on any atom is 0.294 e. The number of anilines is 2. The van der Waals surface area contributed by atoms with Crippen molar-refractivity contribution < 1.29 is 19.1 Å². The summed E-state index contributed by atoms with van der Waals surface area (Å²) in [6, 6.07) is 20.6. The molecule has 0 saturated carbocycles. The number of piperazine rings is 1. The Kier molecular flexibility index (Phi) is 8.94. The highest BCUT2D eigenvalue weighted by molar-refractivity contribution is 9.10. The average molecular weight is 626 g/mol. The smallest absolute Gasteiger partial charge is 0.294 e. The van der Waals surface area contributed by atoms with Crippen LogP contribution in [0.3, 0.4) is 0 Å². The van der Waals surface area contributed by atoms with Crippen LogP contribution < -0.4 is 24.6 Å². The van der Waals surface area contributed by atoms with Crippen molar-refractivity contribution >= 4 is 56.8 Å². The lowest BCUT2D eigenvalue weighted by molar-refractivity contribution is -0.123. The number of para-hydroxylation sites is 2. The molecule has 8 nitrogen and oxygen atoms in total. The molecule has 2 heterocycles. The van der Waals surface area contributed by atoms with Crippen LogP contribution in [0.2, 0.25) is 5.02 Å². The zero-order valence-electron chi connectivity index (χ0n) is 22.1. The standard InChI is InChI=1S/C30H30BrClN4O4/c1-39-26-10-9-21(17-24(26)31)18-28-30(38)36(25-7-2-3-8-27(25)40-28)20-29(37)33-11-12-34-13-15-35(16-14-34)23-6-4-5-22(32)19-23/h2-10,17-19H,11-16,20H2,1H3,(H,33,37). The van der Waals surface area contributed by atoms with Gasteiger partial charge in [0.05, 0.1) is 17.3 Å². The van der Waals surface area contributed by atoms with Gasteiger partial charge in [-0.15, -0.1) is 0 Å². The number of methoxy groups -OCH3 is 1. The fourth-order valence-corrected chi connectivity index (χ4v) is 5.54. The van der Waals surface area contributed by atoms with Crippen molar-refractivity contribution in [2.45, 2.75) is 0 Å². The van der Waals surface area contributed by atoms with Crippen LogP contribution in [0.5, 0.6) is 11.5 Å². The van der Waals surface area contributed by atoms with Crippen LogP contribution >= 0.6 is 27.5 Å². The normalized spacial score (nSPS) is 16.5. The maximum atomic E-state index is 13.4. The van der Waals surface area contributed by atoms with Gasteiger partial charge in [-0.3, -0.25) is 19.4 Å². The van der Waals surface area contributed by atoms with Gasteiger partial charge < -0.3 is 19.7 Å². The van der Waals surface area contributed by atoms with Gasteiger partial charge in [0.1, 0.15) is 12.3 Å². The number of nitrogens with zero attached hydrogens (tertiary/aromatic N) is 3. The van der Waals surface area contributed by atoms with Crippen molar-refractivity contribution in [1.29, 1.82) is 0 Å². The van der Waals surface area contributed by atoms with Crippen LogP contribution in [0.25, 0.3) is 6.08 Å². The quantitative estimate of drug-likeness (QED) is 0.362. The Morgan fingerprint density at radius 1 is 1.07 bits per heavy atom. The summed E-state index contributed by atoms with van der Waals surface area (Å²) in [5.74, 6) is 0.740. The van der Waals surface area contributed by atoms with E-state index in [4.69, 9.17) is 21.1 Å². The monoisotopic (exact) mass is 624 g/mol. The van der Waals surface area contributed by atoms with Gasteiger partial charge in [0.15, 0.2) is 11.5 Å². The lowest BCUT2D eigenvalue weighted by Gasteiger charge is -2.36. The van der Waals surface area contributed by atoms with Gasteiger partial charge in [-0.1, -0.05) is 35.9 Å². The molecular weight excluding hydrogens is 596 g/mol. The van der Waals surface area contributed by atoms with Crippen molar-refractivity contribution in [3.8, 4) is 11.5 Å². The molecule has 0 radical (unpaired) electrons. The highest BCUT2D eigenvalue weighted by atomic mass is 79.9. The molecule has 2 aliphatic rings. The Morgan fingerprint density at radius 3 is 2.62 bits per heavy atom. The summed E-state index contributed by atoms with van der Waals surface area (Å²) in [5, 5.41) is 3.71.